The van der Waals surface area contributed by atoms with Gasteiger partial charge in [-0.1, -0.05) is 45.1 Å². The minimum absolute atomic E-state index is 0.195. The molecule has 0 amide bonds. The Morgan fingerprint density at radius 3 is 1.89 bits per heavy atom. The van der Waals surface area contributed by atoms with Crippen LogP contribution in [0.1, 0.15) is 45.4 Å². The summed E-state index contributed by atoms with van der Waals surface area (Å²) in [6.45, 7) is 2.13. The van der Waals surface area contributed by atoms with Gasteiger partial charge in [0.1, 0.15) is 7.05 Å². The fourth-order valence-electron chi connectivity index (χ4n) is 1.54. The molecule has 0 aliphatic carbocycles. The first-order valence-electron chi connectivity index (χ1n) is 6.79. The molecule has 110 valence electrons. The predicted molar refractivity (Wildman–Crippen MR) is 75.6 cm³/mol. The second kappa shape index (κ2) is 10.9. The molecule has 0 radical (unpaired) electrons. The van der Waals surface area contributed by atoms with Crippen LogP contribution in [0.5, 0.6) is 0 Å². The molecular formula is C14H25NO3S. The van der Waals surface area contributed by atoms with Crippen LogP contribution >= 0.6 is 0 Å². The Bertz CT molecular complexity index is 404. The highest BCUT2D eigenvalue weighted by atomic mass is 32.2. The van der Waals surface area contributed by atoms with Crippen molar-refractivity contribution in [3.8, 4) is 0 Å². The molecule has 4 nitrogen and oxygen atoms in total. The van der Waals surface area contributed by atoms with E-state index in [-0.39, 0.29) is 5.75 Å². The van der Waals surface area contributed by atoms with Gasteiger partial charge >= 0.3 is 0 Å². The van der Waals surface area contributed by atoms with E-state index in [0.717, 1.165) is 19.3 Å². The molecule has 0 atom stereocenters. The molecule has 1 rings (SSSR count). The van der Waals surface area contributed by atoms with Gasteiger partial charge in [0.15, 0.2) is 12.4 Å². The fourth-order valence-corrected chi connectivity index (χ4v) is 2.10. The number of nitrogens with zero attached hydrogens (tertiary/aromatic N) is 1. The maximum Gasteiger partial charge on any atom is 0.168 e. The number of rotatable bonds is 7. The van der Waals surface area contributed by atoms with Gasteiger partial charge in [-0.25, -0.2) is 13.0 Å². The van der Waals surface area contributed by atoms with Crippen LogP contribution in [0.2, 0.25) is 0 Å². The molecular weight excluding hydrogens is 262 g/mol. The van der Waals surface area contributed by atoms with Gasteiger partial charge in [0.05, 0.1) is 10.1 Å². The van der Waals surface area contributed by atoms with Crippen LogP contribution in [0.3, 0.4) is 0 Å². The molecule has 0 bridgehead atoms. The zero-order chi connectivity index (χ0) is 14.6. The van der Waals surface area contributed by atoms with Crippen molar-refractivity contribution in [2.24, 2.45) is 7.05 Å². The SMILES string of the molecule is CCCCCCCCS(=O)(=O)[O-].C[n+]1ccccc1. The molecule has 1 aromatic heterocycles. The van der Waals surface area contributed by atoms with Crippen molar-refractivity contribution in [3.05, 3.63) is 30.6 Å². The molecule has 0 saturated heterocycles. The first kappa shape index (κ1) is 18.1. The maximum atomic E-state index is 10.2. The molecule has 1 aromatic rings. The molecule has 0 aliphatic rings. The predicted octanol–water partition coefficient (Wildman–Crippen LogP) is 2.40. The van der Waals surface area contributed by atoms with E-state index in [9.17, 15) is 13.0 Å². The van der Waals surface area contributed by atoms with E-state index in [4.69, 9.17) is 0 Å². The van der Waals surface area contributed by atoms with Crippen molar-refractivity contribution in [2.75, 3.05) is 5.75 Å². The summed E-state index contributed by atoms with van der Waals surface area (Å²) in [4.78, 5) is 0. The minimum Gasteiger partial charge on any atom is -0.748 e. The monoisotopic (exact) mass is 287 g/mol. The van der Waals surface area contributed by atoms with Gasteiger partial charge in [0, 0.05) is 17.9 Å². The lowest BCUT2D eigenvalue weighted by atomic mass is 10.1. The van der Waals surface area contributed by atoms with Crippen LogP contribution in [0.4, 0.5) is 0 Å². The molecule has 0 fully saturated rings. The average molecular weight is 287 g/mol. The number of unbranched alkanes of at least 4 members (excludes halogenated alkanes) is 5. The second-order valence-electron chi connectivity index (χ2n) is 4.57. The van der Waals surface area contributed by atoms with E-state index < -0.39 is 10.1 Å². The van der Waals surface area contributed by atoms with Crippen molar-refractivity contribution in [2.45, 2.75) is 45.4 Å². The molecule has 0 N–H and O–H groups in total. The molecule has 19 heavy (non-hydrogen) atoms. The molecule has 5 heteroatoms. The van der Waals surface area contributed by atoms with Crippen LogP contribution in [0.15, 0.2) is 30.6 Å². The van der Waals surface area contributed by atoms with Gasteiger partial charge in [0.2, 0.25) is 0 Å². The summed E-state index contributed by atoms with van der Waals surface area (Å²) < 4.78 is 32.5. The van der Waals surface area contributed by atoms with Gasteiger partial charge < -0.3 is 4.55 Å². The lowest BCUT2D eigenvalue weighted by Gasteiger charge is -2.05. The number of aromatic nitrogens is 1. The molecule has 1 heterocycles. The topological polar surface area (TPSA) is 61.1 Å². The number of pyridine rings is 1. The highest BCUT2D eigenvalue weighted by molar-refractivity contribution is 7.85. The number of hydrogen-bond acceptors (Lipinski definition) is 3. The van der Waals surface area contributed by atoms with Crippen molar-refractivity contribution in [3.63, 3.8) is 0 Å². The van der Waals surface area contributed by atoms with Crippen LogP contribution < -0.4 is 4.57 Å². The Labute approximate surface area is 117 Å². The van der Waals surface area contributed by atoms with Crippen LogP contribution in [-0.4, -0.2) is 18.7 Å². The first-order chi connectivity index (χ1) is 8.95. The summed E-state index contributed by atoms with van der Waals surface area (Å²) >= 11 is 0. The van der Waals surface area contributed by atoms with Gasteiger partial charge in [-0.3, -0.25) is 0 Å². The number of aryl methyl sites for hydroxylation is 1. The lowest BCUT2D eigenvalue weighted by Crippen LogP contribution is -2.25. The largest absolute Gasteiger partial charge is 0.748 e. The van der Waals surface area contributed by atoms with E-state index >= 15 is 0 Å². The Hall–Kier alpha value is -0.940. The van der Waals surface area contributed by atoms with Crippen molar-refractivity contribution in [1.29, 1.82) is 0 Å². The zero-order valence-corrected chi connectivity index (χ0v) is 12.7. The summed E-state index contributed by atoms with van der Waals surface area (Å²) in [7, 11) is -1.97. The van der Waals surface area contributed by atoms with Crippen molar-refractivity contribution < 1.29 is 17.5 Å². The minimum atomic E-state index is -3.97. The normalized spacial score (nSPS) is 10.7. The Kier molecular flexibility index (Phi) is 10.4. The highest BCUT2D eigenvalue weighted by Crippen LogP contribution is 2.05. The average Bonchev–Trinajstić information content (AvgIpc) is 2.34. The molecule has 0 unspecified atom stereocenters. The van der Waals surface area contributed by atoms with E-state index in [1.54, 1.807) is 0 Å². The molecule has 0 aromatic carbocycles. The highest BCUT2D eigenvalue weighted by Gasteiger charge is 1.94. The van der Waals surface area contributed by atoms with Crippen LogP contribution in [0, 0.1) is 0 Å². The van der Waals surface area contributed by atoms with Crippen LogP contribution in [-0.2, 0) is 17.2 Å². The zero-order valence-electron chi connectivity index (χ0n) is 11.9. The van der Waals surface area contributed by atoms with Gasteiger partial charge in [0.25, 0.3) is 0 Å². The molecule has 0 saturated carbocycles. The van der Waals surface area contributed by atoms with Gasteiger partial charge in [-0.2, -0.15) is 0 Å². The summed E-state index contributed by atoms with van der Waals surface area (Å²) in [6, 6.07) is 6.00. The summed E-state index contributed by atoms with van der Waals surface area (Å²) in [6.07, 6.45) is 9.96. The van der Waals surface area contributed by atoms with Gasteiger partial charge in [-0.15, -0.1) is 0 Å². The van der Waals surface area contributed by atoms with E-state index in [1.807, 2.05) is 42.2 Å². The van der Waals surface area contributed by atoms with Crippen molar-refractivity contribution in [1.82, 2.24) is 0 Å². The third-order valence-electron chi connectivity index (χ3n) is 2.61. The summed E-state index contributed by atoms with van der Waals surface area (Å²) in [5, 5.41) is 0. The third-order valence-corrected chi connectivity index (χ3v) is 3.40. The Morgan fingerprint density at radius 2 is 1.47 bits per heavy atom. The quantitative estimate of drug-likeness (QED) is 0.439. The lowest BCUT2D eigenvalue weighted by molar-refractivity contribution is -0.671. The van der Waals surface area contributed by atoms with E-state index in [2.05, 4.69) is 6.92 Å². The van der Waals surface area contributed by atoms with E-state index in [1.165, 1.54) is 12.8 Å². The number of hydrogen-bond donors (Lipinski definition) is 0. The standard InChI is InChI=1S/C8H18O3S.C6H8N/c1-2-3-4-5-6-7-8-12(9,10)11;1-7-5-3-2-4-6-7/h2-8H2,1H3,(H,9,10,11);2-6H,1H3/q;+1/p-1. The first-order valence-corrected chi connectivity index (χ1v) is 8.37. The Balaban J connectivity index is 0.000000388. The smallest absolute Gasteiger partial charge is 0.168 e. The molecule has 0 aliphatic heterocycles. The van der Waals surface area contributed by atoms with Gasteiger partial charge in [-0.05, 0) is 6.42 Å². The molecule has 0 spiro atoms. The third kappa shape index (κ3) is 15.0. The summed E-state index contributed by atoms with van der Waals surface area (Å²) in [5.74, 6) is -0.195. The Morgan fingerprint density at radius 1 is 0.947 bits per heavy atom. The van der Waals surface area contributed by atoms with Crippen LogP contribution in [0.25, 0.3) is 0 Å². The fraction of sp³-hybridized carbons (Fsp3) is 0.643. The second-order valence-corrected chi connectivity index (χ2v) is 6.09. The van der Waals surface area contributed by atoms with Crippen molar-refractivity contribution >= 4 is 10.1 Å². The van der Waals surface area contributed by atoms with E-state index in [0.29, 0.717) is 6.42 Å². The maximum absolute atomic E-state index is 10.2. The summed E-state index contributed by atoms with van der Waals surface area (Å²) in [5.41, 5.74) is 0.